The molecular weight excluding hydrogens is 292 g/mol. The van der Waals surface area contributed by atoms with Crippen LogP contribution in [0.15, 0.2) is 52.3 Å². The number of carbonyl (C=O) groups excluding carboxylic acids is 1. The molecule has 0 unspecified atom stereocenters. The summed E-state index contributed by atoms with van der Waals surface area (Å²) in [7, 11) is -3.78. The van der Waals surface area contributed by atoms with Gasteiger partial charge >= 0.3 is 0 Å². The minimum absolute atomic E-state index is 0.0444. The molecule has 0 bridgehead atoms. The molecule has 7 heteroatoms. The third-order valence-corrected chi connectivity index (χ3v) is 4.54. The monoisotopic (exact) mass is 306 g/mol. The van der Waals surface area contributed by atoms with Crippen LogP contribution >= 0.6 is 0 Å². The highest BCUT2D eigenvalue weighted by molar-refractivity contribution is 7.91. The van der Waals surface area contributed by atoms with Gasteiger partial charge in [-0.2, -0.15) is 0 Å². The Kier molecular flexibility index (Phi) is 3.86. The van der Waals surface area contributed by atoms with Gasteiger partial charge in [0.2, 0.25) is 15.7 Å². The largest absolute Gasteiger partial charge is 0.504 e. The predicted octanol–water partition coefficient (Wildman–Crippen LogP) is 1.77. The third-order valence-electron chi connectivity index (χ3n) is 2.79. The van der Waals surface area contributed by atoms with Crippen molar-refractivity contribution in [2.24, 2.45) is 0 Å². The SMILES string of the molecule is CC(=O)Nc1cc(S(=O)(=O)c2ccccc2)cc(N)c1O. The van der Waals surface area contributed by atoms with Crippen molar-refractivity contribution in [2.75, 3.05) is 11.1 Å². The van der Waals surface area contributed by atoms with Crippen LogP contribution in [0, 0.1) is 0 Å². The fourth-order valence-corrected chi connectivity index (χ4v) is 3.15. The van der Waals surface area contributed by atoms with Crippen LogP contribution in [0.4, 0.5) is 11.4 Å². The van der Waals surface area contributed by atoms with Crippen molar-refractivity contribution in [3.63, 3.8) is 0 Å². The van der Waals surface area contributed by atoms with Gasteiger partial charge in [0.1, 0.15) is 0 Å². The number of phenols is 1. The molecule has 110 valence electrons. The Bertz CT molecular complexity index is 786. The highest BCUT2D eigenvalue weighted by atomic mass is 32.2. The van der Waals surface area contributed by atoms with Crippen LogP contribution in [0.3, 0.4) is 0 Å². The van der Waals surface area contributed by atoms with Gasteiger partial charge in [0.15, 0.2) is 5.75 Å². The molecule has 0 saturated heterocycles. The zero-order valence-electron chi connectivity index (χ0n) is 11.2. The van der Waals surface area contributed by atoms with Crippen LogP contribution in [-0.4, -0.2) is 19.4 Å². The van der Waals surface area contributed by atoms with Crippen molar-refractivity contribution in [1.29, 1.82) is 0 Å². The third kappa shape index (κ3) is 2.97. The number of sulfone groups is 1. The highest BCUT2D eigenvalue weighted by Crippen LogP contribution is 2.35. The first-order valence-corrected chi connectivity index (χ1v) is 7.51. The van der Waals surface area contributed by atoms with Gasteiger partial charge in [-0.05, 0) is 24.3 Å². The molecule has 0 heterocycles. The van der Waals surface area contributed by atoms with E-state index in [0.717, 1.165) is 6.07 Å². The first-order chi connectivity index (χ1) is 9.82. The van der Waals surface area contributed by atoms with Gasteiger partial charge in [-0.15, -0.1) is 0 Å². The van der Waals surface area contributed by atoms with Gasteiger partial charge in [-0.1, -0.05) is 18.2 Å². The molecule has 0 spiro atoms. The summed E-state index contributed by atoms with van der Waals surface area (Å²) < 4.78 is 25.0. The van der Waals surface area contributed by atoms with Gasteiger partial charge in [0, 0.05) is 6.92 Å². The number of nitrogens with one attached hydrogen (secondary N) is 1. The summed E-state index contributed by atoms with van der Waals surface area (Å²) >= 11 is 0. The summed E-state index contributed by atoms with van der Waals surface area (Å²) in [6, 6.07) is 10.1. The first-order valence-electron chi connectivity index (χ1n) is 6.02. The summed E-state index contributed by atoms with van der Waals surface area (Å²) in [6.07, 6.45) is 0. The summed E-state index contributed by atoms with van der Waals surface area (Å²) in [5.41, 5.74) is 5.43. The quantitative estimate of drug-likeness (QED) is 0.591. The van der Waals surface area contributed by atoms with Gasteiger partial charge in [0.05, 0.1) is 21.2 Å². The molecule has 0 radical (unpaired) electrons. The fourth-order valence-electron chi connectivity index (χ4n) is 1.81. The molecule has 2 rings (SSSR count). The molecule has 21 heavy (non-hydrogen) atoms. The van der Waals surface area contributed by atoms with Crippen molar-refractivity contribution in [2.45, 2.75) is 16.7 Å². The molecule has 2 aromatic carbocycles. The number of hydrogen-bond donors (Lipinski definition) is 3. The van der Waals surface area contributed by atoms with E-state index in [2.05, 4.69) is 5.32 Å². The number of carbonyl (C=O) groups is 1. The van der Waals surface area contributed by atoms with E-state index in [1.807, 2.05) is 0 Å². The molecule has 4 N–H and O–H groups in total. The van der Waals surface area contributed by atoms with Crippen molar-refractivity contribution >= 4 is 27.1 Å². The highest BCUT2D eigenvalue weighted by Gasteiger charge is 2.21. The summed E-state index contributed by atoms with van der Waals surface area (Å²) in [5.74, 6) is -0.809. The molecule has 0 aliphatic rings. The van der Waals surface area contributed by atoms with E-state index in [0.29, 0.717) is 0 Å². The lowest BCUT2D eigenvalue weighted by atomic mass is 10.2. The zero-order chi connectivity index (χ0) is 15.6. The zero-order valence-corrected chi connectivity index (χ0v) is 12.0. The topological polar surface area (TPSA) is 109 Å². The molecule has 0 saturated carbocycles. The van der Waals surface area contributed by atoms with E-state index in [9.17, 15) is 18.3 Å². The molecule has 0 fully saturated rings. The van der Waals surface area contributed by atoms with Crippen LogP contribution in [0.2, 0.25) is 0 Å². The Labute approximate surface area is 122 Å². The van der Waals surface area contributed by atoms with E-state index in [1.54, 1.807) is 18.2 Å². The van der Waals surface area contributed by atoms with Crippen LogP contribution in [-0.2, 0) is 14.6 Å². The Morgan fingerprint density at radius 3 is 2.33 bits per heavy atom. The van der Waals surface area contributed by atoms with Crippen molar-refractivity contribution in [1.82, 2.24) is 0 Å². The molecule has 0 aromatic heterocycles. The van der Waals surface area contributed by atoms with E-state index in [-0.39, 0.29) is 26.9 Å². The second kappa shape index (κ2) is 5.45. The molecule has 0 aliphatic carbocycles. The molecule has 1 amide bonds. The molecule has 2 aromatic rings. The van der Waals surface area contributed by atoms with Gasteiger partial charge in [-0.25, -0.2) is 8.42 Å². The second-order valence-electron chi connectivity index (χ2n) is 4.41. The average Bonchev–Trinajstić information content (AvgIpc) is 2.44. The Hall–Kier alpha value is -2.54. The Morgan fingerprint density at radius 1 is 1.14 bits per heavy atom. The van der Waals surface area contributed by atoms with Crippen LogP contribution < -0.4 is 11.1 Å². The van der Waals surface area contributed by atoms with Crippen LogP contribution in [0.1, 0.15) is 6.92 Å². The Balaban J connectivity index is 2.60. The van der Waals surface area contributed by atoms with Gasteiger partial charge in [0.25, 0.3) is 0 Å². The normalized spacial score (nSPS) is 11.1. The number of benzene rings is 2. The Morgan fingerprint density at radius 2 is 1.76 bits per heavy atom. The summed E-state index contributed by atoms with van der Waals surface area (Å²) in [6.45, 7) is 1.24. The average molecular weight is 306 g/mol. The first kappa shape index (κ1) is 14.9. The van der Waals surface area contributed by atoms with Crippen molar-refractivity contribution in [3.8, 4) is 5.75 Å². The number of anilines is 2. The standard InChI is InChI=1S/C14H14N2O4S/c1-9(17)16-13-8-11(7-12(15)14(13)18)21(19,20)10-5-3-2-4-6-10/h2-8,18H,15H2,1H3,(H,16,17). The number of rotatable bonds is 3. The number of aromatic hydroxyl groups is 1. The molecule has 6 nitrogen and oxygen atoms in total. The molecule has 0 atom stereocenters. The van der Waals surface area contributed by atoms with Crippen molar-refractivity contribution in [3.05, 3.63) is 42.5 Å². The minimum atomic E-state index is -3.78. The number of hydrogen-bond acceptors (Lipinski definition) is 5. The maximum Gasteiger partial charge on any atom is 0.221 e. The number of phenolic OH excluding ortho intramolecular Hbond substituents is 1. The van der Waals surface area contributed by atoms with Crippen LogP contribution in [0.25, 0.3) is 0 Å². The number of nitrogen functional groups attached to an aromatic ring is 1. The van der Waals surface area contributed by atoms with E-state index in [1.165, 1.54) is 25.1 Å². The van der Waals surface area contributed by atoms with E-state index < -0.39 is 15.7 Å². The smallest absolute Gasteiger partial charge is 0.221 e. The van der Waals surface area contributed by atoms with Gasteiger partial charge < -0.3 is 16.2 Å². The lowest BCUT2D eigenvalue weighted by Gasteiger charge is -2.11. The van der Waals surface area contributed by atoms with Crippen LogP contribution in [0.5, 0.6) is 5.75 Å². The lowest BCUT2D eigenvalue weighted by molar-refractivity contribution is -0.114. The molecular formula is C14H14N2O4S. The minimum Gasteiger partial charge on any atom is -0.504 e. The van der Waals surface area contributed by atoms with Crippen molar-refractivity contribution < 1.29 is 18.3 Å². The summed E-state index contributed by atoms with van der Waals surface area (Å²) in [5, 5.41) is 12.1. The van der Waals surface area contributed by atoms with Gasteiger partial charge in [-0.3, -0.25) is 4.79 Å². The fraction of sp³-hybridized carbons (Fsp3) is 0.0714. The maximum atomic E-state index is 12.5. The predicted molar refractivity (Wildman–Crippen MR) is 78.7 cm³/mol. The second-order valence-corrected chi connectivity index (χ2v) is 6.36. The number of nitrogens with two attached hydrogens (primary N) is 1. The number of amides is 1. The lowest BCUT2D eigenvalue weighted by Crippen LogP contribution is -2.09. The molecule has 0 aliphatic heterocycles. The summed E-state index contributed by atoms with van der Waals surface area (Å²) in [4.78, 5) is 11.1. The van der Waals surface area contributed by atoms with E-state index in [4.69, 9.17) is 5.73 Å². The maximum absolute atomic E-state index is 12.5. The van der Waals surface area contributed by atoms with E-state index >= 15 is 0 Å².